The maximum absolute atomic E-state index is 13.0. The van der Waals surface area contributed by atoms with Crippen molar-refractivity contribution < 1.29 is 19.1 Å². The monoisotopic (exact) mass is 451 g/mol. The summed E-state index contributed by atoms with van der Waals surface area (Å²) >= 11 is 3.25. The summed E-state index contributed by atoms with van der Waals surface area (Å²) in [6.45, 7) is 3.29. The maximum atomic E-state index is 13.0. The van der Waals surface area contributed by atoms with Gasteiger partial charge < -0.3 is 25.4 Å². The van der Waals surface area contributed by atoms with Crippen molar-refractivity contribution in [2.45, 2.75) is 32.5 Å². The topological polar surface area (TPSA) is 93.9 Å². The molecule has 9 heteroatoms. The van der Waals surface area contributed by atoms with E-state index in [-0.39, 0.29) is 5.91 Å². The molecule has 2 rings (SSSR count). The number of hydrogen-bond acceptors (Lipinski definition) is 6. The Morgan fingerprint density at radius 1 is 1.30 bits per heavy atom. The molecule has 164 valence electrons. The molecule has 3 amide bonds. The smallest absolute Gasteiger partial charge is 0.312 e. The van der Waals surface area contributed by atoms with Gasteiger partial charge in [-0.25, -0.2) is 4.79 Å². The van der Waals surface area contributed by atoms with Crippen LogP contribution in [0.3, 0.4) is 0 Å². The molecule has 1 heterocycles. The number of likely N-dealkylation sites (N-methyl/N-ethyl adjacent to an activating group) is 1. The van der Waals surface area contributed by atoms with E-state index in [4.69, 9.17) is 15.2 Å². The fraction of sp³-hybridized carbons (Fsp3) is 0.429. The Balaban J connectivity index is 2.09. The van der Waals surface area contributed by atoms with Crippen molar-refractivity contribution >= 4 is 35.0 Å². The average Bonchev–Trinajstić information content (AvgIpc) is 3.26. The van der Waals surface area contributed by atoms with Crippen molar-refractivity contribution in [1.29, 1.82) is 0 Å². The second-order valence-corrected chi connectivity index (χ2v) is 8.57. The number of nitrogens with zero attached hydrogens (tertiary/aromatic N) is 1. The zero-order chi connectivity index (χ0) is 21.9. The van der Waals surface area contributed by atoms with Gasteiger partial charge in [0.05, 0.1) is 7.11 Å². The summed E-state index contributed by atoms with van der Waals surface area (Å²) in [7, 11) is 1.59. The number of nitrogens with one attached hydrogen (secondary N) is 1. The van der Waals surface area contributed by atoms with Crippen LogP contribution in [0.2, 0.25) is 0 Å². The van der Waals surface area contributed by atoms with E-state index in [9.17, 15) is 9.59 Å². The van der Waals surface area contributed by atoms with Gasteiger partial charge >= 0.3 is 6.03 Å². The Kier molecular flexibility index (Phi) is 9.82. The Bertz CT molecular complexity index is 815. The fourth-order valence-electron chi connectivity index (χ4n) is 2.92. The number of primary amides is 1. The van der Waals surface area contributed by atoms with E-state index in [2.05, 4.69) is 5.32 Å². The van der Waals surface area contributed by atoms with Gasteiger partial charge in [0.2, 0.25) is 5.91 Å². The van der Waals surface area contributed by atoms with E-state index in [1.54, 1.807) is 35.1 Å². The van der Waals surface area contributed by atoms with Crippen LogP contribution in [0.5, 0.6) is 11.5 Å². The number of carbonyl (C=O) groups is 2. The van der Waals surface area contributed by atoms with Crippen molar-refractivity contribution in [2.75, 3.05) is 25.7 Å². The van der Waals surface area contributed by atoms with E-state index in [0.29, 0.717) is 37.6 Å². The third-order valence-corrected chi connectivity index (χ3v) is 5.96. The molecule has 1 atom stereocenters. The van der Waals surface area contributed by atoms with Gasteiger partial charge in [0.15, 0.2) is 11.5 Å². The molecule has 7 nitrogen and oxygen atoms in total. The summed E-state index contributed by atoms with van der Waals surface area (Å²) in [5.41, 5.74) is 6.17. The van der Waals surface area contributed by atoms with E-state index < -0.39 is 12.1 Å². The molecule has 1 aromatic carbocycles. The Morgan fingerprint density at radius 2 is 2.10 bits per heavy atom. The Morgan fingerprint density at radius 3 is 2.70 bits per heavy atom. The highest BCUT2D eigenvalue weighted by Gasteiger charge is 2.24. The Labute approximate surface area is 185 Å². The van der Waals surface area contributed by atoms with Crippen molar-refractivity contribution in [3.8, 4) is 11.5 Å². The lowest BCUT2D eigenvalue weighted by Gasteiger charge is -2.27. The SMILES string of the molecule is CCN(Cc1ccc(OCc2cccs2)c(OC)c1)C(=O)C(CCSC)NC(N)=O. The van der Waals surface area contributed by atoms with Crippen LogP contribution >= 0.6 is 23.1 Å². The zero-order valence-electron chi connectivity index (χ0n) is 17.6. The maximum Gasteiger partial charge on any atom is 0.312 e. The predicted molar refractivity (Wildman–Crippen MR) is 122 cm³/mol. The van der Waals surface area contributed by atoms with Crippen molar-refractivity contribution in [3.05, 3.63) is 46.2 Å². The minimum atomic E-state index is -0.695. The van der Waals surface area contributed by atoms with Crippen molar-refractivity contribution in [3.63, 3.8) is 0 Å². The molecule has 0 bridgehead atoms. The summed E-state index contributed by atoms with van der Waals surface area (Å²) in [4.78, 5) is 27.1. The molecule has 30 heavy (non-hydrogen) atoms. The first-order chi connectivity index (χ1) is 14.5. The first-order valence-electron chi connectivity index (χ1n) is 9.64. The molecule has 0 saturated carbocycles. The highest BCUT2D eigenvalue weighted by molar-refractivity contribution is 7.98. The zero-order valence-corrected chi connectivity index (χ0v) is 19.2. The van der Waals surface area contributed by atoms with Crippen LogP contribution < -0.4 is 20.5 Å². The van der Waals surface area contributed by atoms with Gasteiger partial charge in [-0.1, -0.05) is 12.1 Å². The van der Waals surface area contributed by atoms with Crippen LogP contribution in [0.4, 0.5) is 4.79 Å². The summed E-state index contributed by atoms with van der Waals surface area (Å²) in [6.07, 6.45) is 2.48. The number of thioether (sulfide) groups is 1. The van der Waals surface area contributed by atoms with E-state index in [1.165, 1.54) is 0 Å². The van der Waals surface area contributed by atoms with Gasteiger partial charge in [-0.05, 0) is 54.5 Å². The number of hydrogen-bond donors (Lipinski definition) is 2. The summed E-state index contributed by atoms with van der Waals surface area (Å²) < 4.78 is 11.4. The number of ether oxygens (including phenoxy) is 2. The Hall–Kier alpha value is -2.39. The van der Waals surface area contributed by atoms with Crippen LogP contribution in [0.15, 0.2) is 35.7 Å². The van der Waals surface area contributed by atoms with E-state index in [0.717, 1.165) is 16.2 Å². The van der Waals surface area contributed by atoms with Crippen LogP contribution in [-0.2, 0) is 17.9 Å². The molecule has 3 N–H and O–H groups in total. The molecule has 0 aliphatic carbocycles. The number of methoxy groups -OCH3 is 1. The molecule has 0 aliphatic heterocycles. The standard InChI is InChI=1S/C21H29N3O4S2/c1-4-24(20(25)17(9-11-29-3)23-21(22)26)13-15-7-8-18(19(12-15)27-2)28-14-16-6-5-10-30-16/h5-8,10,12,17H,4,9,11,13-14H2,1-3H3,(H3,22,23,26). The number of carbonyl (C=O) groups excluding carboxylic acids is 2. The van der Waals surface area contributed by atoms with Crippen LogP contribution in [-0.4, -0.2) is 48.5 Å². The first kappa shape index (κ1) is 23.9. The minimum absolute atomic E-state index is 0.151. The lowest BCUT2D eigenvalue weighted by Crippen LogP contribution is -2.50. The number of thiophene rings is 1. The molecule has 2 aromatic rings. The largest absolute Gasteiger partial charge is 0.493 e. The van der Waals surface area contributed by atoms with Crippen molar-refractivity contribution in [2.24, 2.45) is 5.73 Å². The number of urea groups is 1. The molecule has 0 saturated heterocycles. The fourth-order valence-corrected chi connectivity index (χ4v) is 4.01. The van der Waals surface area contributed by atoms with Gasteiger partial charge in [-0.2, -0.15) is 11.8 Å². The predicted octanol–water partition coefficient (Wildman–Crippen LogP) is 3.47. The molecule has 1 unspecified atom stereocenters. The van der Waals surface area contributed by atoms with Gasteiger partial charge in [0, 0.05) is 18.0 Å². The molecule has 0 aliphatic rings. The van der Waals surface area contributed by atoms with Crippen molar-refractivity contribution in [1.82, 2.24) is 10.2 Å². The number of amides is 3. The molecular formula is C21H29N3O4S2. The van der Waals surface area contributed by atoms with Crippen LogP contribution in [0.25, 0.3) is 0 Å². The molecule has 0 spiro atoms. The lowest BCUT2D eigenvalue weighted by molar-refractivity contribution is -0.133. The first-order valence-corrected chi connectivity index (χ1v) is 11.9. The van der Waals surface area contributed by atoms with Gasteiger partial charge in [-0.15, -0.1) is 11.3 Å². The average molecular weight is 452 g/mol. The summed E-state index contributed by atoms with van der Waals surface area (Å²) in [5, 5.41) is 4.58. The second kappa shape index (κ2) is 12.3. The molecule has 0 radical (unpaired) electrons. The number of benzene rings is 1. The molecule has 1 aromatic heterocycles. The van der Waals surface area contributed by atoms with Gasteiger partial charge in [0.25, 0.3) is 0 Å². The lowest BCUT2D eigenvalue weighted by atomic mass is 10.1. The van der Waals surface area contributed by atoms with Crippen LogP contribution in [0, 0.1) is 0 Å². The summed E-state index contributed by atoms with van der Waals surface area (Å²) in [6, 6.07) is 8.32. The highest BCUT2D eigenvalue weighted by Crippen LogP contribution is 2.30. The normalized spacial score (nSPS) is 11.6. The van der Waals surface area contributed by atoms with E-state index in [1.807, 2.05) is 48.9 Å². The van der Waals surface area contributed by atoms with Gasteiger partial charge in [-0.3, -0.25) is 4.79 Å². The number of nitrogens with two attached hydrogens (primary N) is 1. The number of rotatable bonds is 12. The quantitative estimate of drug-likeness (QED) is 0.515. The van der Waals surface area contributed by atoms with Crippen LogP contribution in [0.1, 0.15) is 23.8 Å². The summed E-state index contributed by atoms with van der Waals surface area (Å²) in [5.74, 6) is 1.86. The highest BCUT2D eigenvalue weighted by atomic mass is 32.2. The third-order valence-electron chi connectivity index (χ3n) is 4.47. The third kappa shape index (κ3) is 7.14. The molecular weight excluding hydrogens is 422 g/mol. The molecule has 0 fully saturated rings. The second-order valence-electron chi connectivity index (χ2n) is 6.55. The van der Waals surface area contributed by atoms with Gasteiger partial charge in [0.1, 0.15) is 12.6 Å². The minimum Gasteiger partial charge on any atom is -0.493 e. The van der Waals surface area contributed by atoms with E-state index >= 15 is 0 Å².